The van der Waals surface area contributed by atoms with Crippen molar-refractivity contribution in [2.75, 3.05) is 6.54 Å². The van der Waals surface area contributed by atoms with Gasteiger partial charge in [-0.2, -0.15) is 5.10 Å². The first kappa shape index (κ1) is 23.3. The Morgan fingerprint density at radius 3 is 2.78 bits per heavy atom. The van der Waals surface area contributed by atoms with Crippen molar-refractivity contribution >= 4 is 28.8 Å². The number of rotatable bonds is 3. The van der Waals surface area contributed by atoms with Gasteiger partial charge in [0, 0.05) is 47.2 Å². The van der Waals surface area contributed by atoms with Crippen LogP contribution in [0, 0.1) is 0 Å². The summed E-state index contributed by atoms with van der Waals surface area (Å²) < 4.78 is 2.29. The zero-order chi connectivity index (χ0) is 25.5. The molecular formula is C31H30Cl2N4. The fraction of sp³-hybridized carbons (Fsp3) is 0.323. The van der Waals surface area contributed by atoms with Gasteiger partial charge in [0.15, 0.2) is 0 Å². The average molecular weight is 530 g/mol. The molecule has 2 unspecified atom stereocenters. The Bertz CT molecular complexity index is 1560. The standard InChI is InChI=1S/C31H30Cl2N4/c1-4-19-6-5-7-22-27-24-10-14-34-31(24,3)13-12-30(27,2)29-23-18-36(15-11-26(23)35-37(29)28(19)22)17-20-16-21(32)8-9-25(20)33/h5-10,12-14,16,34H,4,11,15,17-18H2,1-3H3. The number of halogens is 2. The summed E-state index contributed by atoms with van der Waals surface area (Å²) in [6, 6.07) is 12.5. The summed E-state index contributed by atoms with van der Waals surface area (Å²) in [5.41, 5.74) is 11.1. The highest BCUT2D eigenvalue weighted by Gasteiger charge is 2.49. The zero-order valence-electron chi connectivity index (χ0n) is 21.4. The van der Waals surface area contributed by atoms with E-state index in [1.165, 1.54) is 44.9 Å². The van der Waals surface area contributed by atoms with Gasteiger partial charge in [-0.25, -0.2) is 4.68 Å². The number of nitrogens with one attached hydrogen (secondary N) is 1. The van der Waals surface area contributed by atoms with Crippen LogP contribution in [0.1, 0.15) is 54.4 Å². The van der Waals surface area contributed by atoms with E-state index in [2.05, 4.69) is 78.3 Å². The number of aromatic nitrogens is 2. The van der Waals surface area contributed by atoms with Crippen LogP contribution >= 0.6 is 23.2 Å². The van der Waals surface area contributed by atoms with Gasteiger partial charge in [-0.15, -0.1) is 0 Å². The predicted octanol–water partition coefficient (Wildman–Crippen LogP) is 6.77. The van der Waals surface area contributed by atoms with Crippen LogP contribution in [0.3, 0.4) is 0 Å². The van der Waals surface area contributed by atoms with Gasteiger partial charge in [-0.05, 0) is 73.0 Å². The SMILES string of the molecule is CCc1cccc2c1-n1nc3c(c1C1(C)C=CC4(C)NC=CC4=C21)CN(Cc1cc(Cl)ccc1Cl)CC3. The third kappa shape index (κ3) is 3.29. The Labute approximate surface area is 228 Å². The Kier molecular flexibility index (Phi) is 5.11. The van der Waals surface area contributed by atoms with E-state index in [0.29, 0.717) is 0 Å². The Morgan fingerprint density at radius 1 is 1.08 bits per heavy atom. The molecule has 3 aliphatic heterocycles. The summed E-state index contributed by atoms with van der Waals surface area (Å²) >= 11 is 12.9. The third-order valence-electron chi connectivity index (χ3n) is 8.72. The number of benzene rings is 2. The largest absolute Gasteiger partial charge is 0.378 e. The summed E-state index contributed by atoms with van der Waals surface area (Å²) in [6.45, 7) is 9.44. The van der Waals surface area contributed by atoms with Crippen molar-refractivity contribution in [3.63, 3.8) is 0 Å². The van der Waals surface area contributed by atoms with Gasteiger partial charge in [0.2, 0.25) is 0 Å². The van der Waals surface area contributed by atoms with E-state index in [1.807, 2.05) is 18.2 Å². The van der Waals surface area contributed by atoms with E-state index in [4.69, 9.17) is 28.3 Å². The van der Waals surface area contributed by atoms with Crippen molar-refractivity contribution in [2.45, 2.75) is 57.7 Å². The fourth-order valence-electron chi connectivity index (χ4n) is 6.84. The molecule has 0 amide bonds. The van der Waals surface area contributed by atoms with Crippen LogP contribution in [0.5, 0.6) is 0 Å². The first-order chi connectivity index (χ1) is 17.8. The van der Waals surface area contributed by atoms with E-state index < -0.39 is 0 Å². The van der Waals surface area contributed by atoms with Crippen LogP contribution in [-0.2, 0) is 31.3 Å². The second-order valence-corrected chi connectivity index (χ2v) is 11.9. The number of hydrogen-bond donors (Lipinski definition) is 1. The lowest BCUT2D eigenvalue weighted by molar-refractivity contribution is 0.243. The van der Waals surface area contributed by atoms with Crippen LogP contribution < -0.4 is 5.32 Å². The maximum absolute atomic E-state index is 6.55. The van der Waals surface area contributed by atoms with Crippen LogP contribution in [0.25, 0.3) is 11.3 Å². The summed E-state index contributed by atoms with van der Waals surface area (Å²) in [5.74, 6) is 0. The Balaban J connectivity index is 1.42. The second-order valence-electron chi connectivity index (χ2n) is 11.1. The summed E-state index contributed by atoms with van der Waals surface area (Å²) in [6.07, 6.45) is 11.0. The first-order valence-corrected chi connectivity index (χ1v) is 13.9. The number of nitrogens with zero attached hydrogens (tertiary/aromatic N) is 3. The molecule has 1 aromatic heterocycles. The van der Waals surface area contributed by atoms with E-state index in [1.54, 1.807) is 0 Å². The van der Waals surface area contributed by atoms with E-state index >= 15 is 0 Å². The number of fused-ring (bicyclic) bond motifs is 9. The van der Waals surface area contributed by atoms with Crippen LogP contribution in [0.15, 0.2) is 66.4 Å². The zero-order valence-corrected chi connectivity index (χ0v) is 22.9. The predicted molar refractivity (Wildman–Crippen MR) is 151 cm³/mol. The lowest BCUT2D eigenvalue weighted by atomic mass is 9.64. The highest BCUT2D eigenvalue weighted by atomic mass is 35.5. The summed E-state index contributed by atoms with van der Waals surface area (Å²) in [4.78, 5) is 2.48. The Morgan fingerprint density at radius 2 is 1.95 bits per heavy atom. The smallest absolute Gasteiger partial charge is 0.0780 e. The van der Waals surface area contributed by atoms with Gasteiger partial charge in [-0.3, -0.25) is 4.90 Å². The van der Waals surface area contributed by atoms with Crippen molar-refractivity contribution in [1.29, 1.82) is 0 Å². The molecule has 1 aliphatic carbocycles. The minimum absolute atomic E-state index is 0.189. The van der Waals surface area contributed by atoms with E-state index in [9.17, 15) is 0 Å². The van der Waals surface area contributed by atoms with Gasteiger partial charge < -0.3 is 5.32 Å². The molecule has 1 N–H and O–H groups in total. The lowest BCUT2D eigenvalue weighted by Crippen LogP contribution is -2.43. The molecule has 2 atom stereocenters. The quantitative estimate of drug-likeness (QED) is 0.380. The minimum atomic E-state index is -0.276. The second kappa shape index (κ2) is 8.10. The highest BCUT2D eigenvalue weighted by molar-refractivity contribution is 6.33. The number of aryl methyl sites for hydroxylation is 1. The maximum Gasteiger partial charge on any atom is 0.0780 e. The van der Waals surface area contributed by atoms with E-state index in [0.717, 1.165) is 48.1 Å². The van der Waals surface area contributed by atoms with Crippen molar-refractivity contribution in [1.82, 2.24) is 20.0 Å². The monoisotopic (exact) mass is 528 g/mol. The molecule has 2 aromatic carbocycles. The first-order valence-electron chi connectivity index (χ1n) is 13.1. The van der Waals surface area contributed by atoms with Crippen molar-refractivity contribution in [2.24, 2.45) is 0 Å². The fourth-order valence-corrected chi connectivity index (χ4v) is 7.21. The summed E-state index contributed by atoms with van der Waals surface area (Å²) in [7, 11) is 0. The van der Waals surface area contributed by atoms with E-state index in [-0.39, 0.29) is 11.0 Å². The van der Waals surface area contributed by atoms with Crippen LogP contribution in [0.2, 0.25) is 10.0 Å². The van der Waals surface area contributed by atoms with Gasteiger partial charge in [0.25, 0.3) is 0 Å². The minimum Gasteiger partial charge on any atom is -0.378 e. The molecule has 0 radical (unpaired) electrons. The number of para-hydroxylation sites is 1. The van der Waals surface area contributed by atoms with Crippen molar-refractivity contribution < 1.29 is 0 Å². The van der Waals surface area contributed by atoms with Crippen molar-refractivity contribution in [3.8, 4) is 5.69 Å². The molecule has 3 aromatic rings. The molecular weight excluding hydrogens is 499 g/mol. The average Bonchev–Trinajstić information content (AvgIpc) is 3.47. The maximum atomic E-state index is 6.55. The number of allylic oxidation sites excluding steroid dienone is 2. The summed E-state index contributed by atoms with van der Waals surface area (Å²) in [5, 5.41) is 10.4. The van der Waals surface area contributed by atoms with Gasteiger partial charge in [0.05, 0.1) is 28.0 Å². The number of hydrogen-bond acceptors (Lipinski definition) is 3. The molecule has 4 nitrogen and oxygen atoms in total. The lowest BCUT2D eigenvalue weighted by Gasteiger charge is -2.44. The third-order valence-corrected chi connectivity index (χ3v) is 9.32. The van der Waals surface area contributed by atoms with Crippen LogP contribution in [-0.4, -0.2) is 26.8 Å². The van der Waals surface area contributed by atoms with Crippen LogP contribution in [0.4, 0.5) is 0 Å². The molecule has 4 aliphatic rings. The van der Waals surface area contributed by atoms with Crippen molar-refractivity contribution in [3.05, 3.63) is 110 Å². The molecule has 4 heterocycles. The molecule has 0 saturated heterocycles. The van der Waals surface area contributed by atoms with Gasteiger partial charge in [-0.1, -0.05) is 60.5 Å². The topological polar surface area (TPSA) is 33.1 Å². The molecule has 188 valence electrons. The van der Waals surface area contributed by atoms with Gasteiger partial charge >= 0.3 is 0 Å². The Hall–Kier alpha value is -2.79. The molecule has 37 heavy (non-hydrogen) atoms. The molecule has 0 spiro atoms. The molecule has 0 bridgehead atoms. The molecule has 6 heteroatoms. The molecule has 0 saturated carbocycles. The molecule has 7 rings (SSSR count). The highest BCUT2D eigenvalue weighted by Crippen LogP contribution is 2.55. The normalized spacial score (nSPS) is 25.3. The molecule has 0 fully saturated rings. The van der Waals surface area contributed by atoms with Gasteiger partial charge in [0.1, 0.15) is 0 Å².